The Labute approximate surface area is 96.5 Å². The Morgan fingerprint density at radius 1 is 1.50 bits per heavy atom. The van der Waals surface area contributed by atoms with Gasteiger partial charge in [-0.15, -0.1) is 0 Å². The molecular weight excluding hydrogens is 198 g/mol. The highest BCUT2D eigenvalue weighted by atomic mass is 15.1. The summed E-state index contributed by atoms with van der Waals surface area (Å²) in [6.45, 7) is 4.35. The van der Waals surface area contributed by atoms with Crippen molar-refractivity contribution in [3.05, 3.63) is 23.8 Å². The van der Waals surface area contributed by atoms with Crippen LogP contribution < -0.4 is 10.6 Å². The molecule has 0 amide bonds. The first kappa shape index (κ1) is 10.8. The fraction of sp³-hybridized carbons (Fsp3) is 0.462. The summed E-state index contributed by atoms with van der Waals surface area (Å²) < 4.78 is 0. The van der Waals surface area contributed by atoms with Gasteiger partial charge < -0.3 is 10.6 Å². The maximum Gasteiger partial charge on any atom is 0.0992 e. The van der Waals surface area contributed by atoms with Gasteiger partial charge in [-0.05, 0) is 37.0 Å². The predicted molar refractivity (Wildman–Crippen MR) is 66.2 cm³/mol. The predicted octanol–water partition coefficient (Wildman–Crippen LogP) is 2.38. The minimum atomic E-state index is 0.683. The van der Waals surface area contributed by atoms with Crippen LogP contribution in [0.1, 0.15) is 25.3 Å². The first-order valence-corrected chi connectivity index (χ1v) is 5.75. The third-order valence-electron chi connectivity index (χ3n) is 3.16. The van der Waals surface area contributed by atoms with Gasteiger partial charge in [-0.1, -0.05) is 6.92 Å². The van der Waals surface area contributed by atoms with E-state index in [1.54, 1.807) is 6.07 Å². The number of benzene rings is 1. The van der Waals surface area contributed by atoms with E-state index in [0.29, 0.717) is 11.5 Å². The van der Waals surface area contributed by atoms with Gasteiger partial charge in [0.05, 0.1) is 23.0 Å². The second-order valence-corrected chi connectivity index (χ2v) is 4.58. The van der Waals surface area contributed by atoms with Gasteiger partial charge in [0.25, 0.3) is 0 Å². The topological polar surface area (TPSA) is 53.0 Å². The van der Waals surface area contributed by atoms with E-state index in [9.17, 15) is 0 Å². The summed E-state index contributed by atoms with van der Waals surface area (Å²) in [5.41, 5.74) is 8.44. The first-order chi connectivity index (χ1) is 7.70. The minimum Gasteiger partial charge on any atom is -0.397 e. The lowest BCUT2D eigenvalue weighted by Gasteiger charge is -2.33. The molecule has 1 aromatic carbocycles. The van der Waals surface area contributed by atoms with Crippen LogP contribution in [0.2, 0.25) is 0 Å². The zero-order chi connectivity index (χ0) is 11.5. The maximum atomic E-state index is 8.89. The monoisotopic (exact) mass is 215 g/mol. The summed E-state index contributed by atoms with van der Waals surface area (Å²) in [6.07, 6.45) is 2.49. The summed E-state index contributed by atoms with van der Waals surface area (Å²) in [5.74, 6) is 0.707. The Kier molecular flexibility index (Phi) is 3.00. The van der Waals surface area contributed by atoms with Gasteiger partial charge in [0.2, 0.25) is 0 Å². The number of piperidine rings is 1. The highest BCUT2D eigenvalue weighted by Gasteiger charge is 2.18. The number of nitrogens with two attached hydrogens (primary N) is 1. The van der Waals surface area contributed by atoms with E-state index < -0.39 is 0 Å². The Morgan fingerprint density at radius 2 is 2.31 bits per heavy atom. The molecule has 16 heavy (non-hydrogen) atoms. The highest BCUT2D eigenvalue weighted by Crippen LogP contribution is 2.28. The van der Waals surface area contributed by atoms with Crippen LogP contribution in [0.5, 0.6) is 0 Å². The number of nitriles is 1. The second-order valence-electron chi connectivity index (χ2n) is 4.58. The van der Waals surface area contributed by atoms with Gasteiger partial charge in [-0.2, -0.15) is 5.26 Å². The molecule has 1 unspecified atom stereocenters. The van der Waals surface area contributed by atoms with Crippen molar-refractivity contribution in [1.29, 1.82) is 5.26 Å². The average molecular weight is 215 g/mol. The molecule has 0 bridgehead atoms. The third kappa shape index (κ3) is 2.11. The van der Waals surface area contributed by atoms with Crippen LogP contribution in [-0.2, 0) is 0 Å². The van der Waals surface area contributed by atoms with Gasteiger partial charge >= 0.3 is 0 Å². The molecule has 2 N–H and O–H groups in total. The highest BCUT2D eigenvalue weighted by molar-refractivity contribution is 5.69. The lowest BCUT2D eigenvalue weighted by molar-refractivity contribution is 0.447. The summed E-state index contributed by atoms with van der Waals surface area (Å²) >= 11 is 0. The molecule has 1 aromatic rings. The van der Waals surface area contributed by atoms with Gasteiger partial charge in [0.15, 0.2) is 0 Å². The Morgan fingerprint density at radius 3 is 3.00 bits per heavy atom. The van der Waals surface area contributed by atoms with E-state index >= 15 is 0 Å². The van der Waals surface area contributed by atoms with E-state index in [-0.39, 0.29) is 0 Å². The van der Waals surface area contributed by atoms with Crippen molar-refractivity contribution in [2.75, 3.05) is 23.7 Å². The van der Waals surface area contributed by atoms with Crippen molar-refractivity contribution in [3.8, 4) is 6.07 Å². The smallest absolute Gasteiger partial charge is 0.0992 e. The fourth-order valence-corrected chi connectivity index (χ4v) is 2.30. The van der Waals surface area contributed by atoms with Crippen LogP contribution in [0.15, 0.2) is 18.2 Å². The molecule has 0 radical (unpaired) electrons. The molecule has 1 atom stereocenters. The van der Waals surface area contributed by atoms with Crippen LogP contribution in [-0.4, -0.2) is 13.1 Å². The summed E-state index contributed by atoms with van der Waals surface area (Å²) in [7, 11) is 0. The number of anilines is 2. The van der Waals surface area contributed by atoms with E-state index in [4.69, 9.17) is 11.0 Å². The molecule has 0 saturated carbocycles. The van der Waals surface area contributed by atoms with Crippen LogP contribution in [0.25, 0.3) is 0 Å². The molecule has 0 spiro atoms. The fourth-order valence-electron chi connectivity index (χ4n) is 2.30. The maximum absolute atomic E-state index is 8.89. The van der Waals surface area contributed by atoms with Gasteiger partial charge in [0.1, 0.15) is 0 Å². The van der Waals surface area contributed by atoms with E-state index in [0.717, 1.165) is 24.5 Å². The SMILES string of the molecule is CC1CCCN(c2cc(C#N)ccc2N)C1. The largest absolute Gasteiger partial charge is 0.397 e. The number of nitrogens with zero attached hydrogens (tertiary/aromatic N) is 2. The zero-order valence-corrected chi connectivity index (χ0v) is 9.61. The molecule has 2 rings (SSSR count). The van der Waals surface area contributed by atoms with E-state index in [2.05, 4.69) is 17.9 Å². The number of hydrogen-bond acceptors (Lipinski definition) is 3. The van der Waals surface area contributed by atoms with Crippen molar-refractivity contribution >= 4 is 11.4 Å². The van der Waals surface area contributed by atoms with Crippen LogP contribution in [0.3, 0.4) is 0 Å². The quantitative estimate of drug-likeness (QED) is 0.732. The molecular formula is C13H17N3. The Bertz CT molecular complexity index is 420. The molecule has 3 nitrogen and oxygen atoms in total. The molecule has 1 fully saturated rings. The lowest BCUT2D eigenvalue weighted by atomic mass is 9.99. The first-order valence-electron chi connectivity index (χ1n) is 5.75. The van der Waals surface area contributed by atoms with Crippen molar-refractivity contribution in [2.45, 2.75) is 19.8 Å². The van der Waals surface area contributed by atoms with Crippen LogP contribution >= 0.6 is 0 Å². The van der Waals surface area contributed by atoms with Crippen molar-refractivity contribution in [1.82, 2.24) is 0 Å². The van der Waals surface area contributed by atoms with E-state index in [1.807, 2.05) is 12.1 Å². The third-order valence-corrected chi connectivity index (χ3v) is 3.16. The van der Waals surface area contributed by atoms with Crippen LogP contribution in [0, 0.1) is 17.2 Å². The molecule has 1 saturated heterocycles. The molecule has 84 valence electrons. The normalized spacial score (nSPS) is 20.5. The van der Waals surface area contributed by atoms with Crippen molar-refractivity contribution in [2.24, 2.45) is 5.92 Å². The molecule has 1 aliphatic rings. The van der Waals surface area contributed by atoms with Crippen molar-refractivity contribution < 1.29 is 0 Å². The number of hydrogen-bond donors (Lipinski definition) is 1. The van der Waals surface area contributed by atoms with Crippen LogP contribution in [0.4, 0.5) is 11.4 Å². The molecule has 0 aromatic heterocycles. The summed E-state index contributed by atoms with van der Waals surface area (Å²) in [6, 6.07) is 7.66. The van der Waals surface area contributed by atoms with Crippen molar-refractivity contribution in [3.63, 3.8) is 0 Å². The minimum absolute atomic E-state index is 0.683. The summed E-state index contributed by atoms with van der Waals surface area (Å²) in [5, 5.41) is 8.89. The number of rotatable bonds is 1. The standard InChI is InChI=1S/C13H17N3/c1-10-3-2-6-16(9-10)13-7-11(8-14)4-5-12(13)15/h4-5,7,10H,2-3,6,9,15H2,1H3. The molecule has 3 heteroatoms. The number of nitrogen functional groups attached to an aromatic ring is 1. The second kappa shape index (κ2) is 4.44. The Hall–Kier alpha value is -1.69. The summed E-state index contributed by atoms with van der Waals surface area (Å²) in [4.78, 5) is 2.30. The van der Waals surface area contributed by atoms with Gasteiger partial charge in [0, 0.05) is 13.1 Å². The molecule has 0 aliphatic carbocycles. The zero-order valence-electron chi connectivity index (χ0n) is 9.61. The van der Waals surface area contributed by atoms with Gasteiger partial charge in [-0.25, -0.2) is 0 Å². The molecule has 1 heterocycles. The lowest BCUT2D eigenvalue weighted by Crippen LogP contribution is -2.34. The Balaban J connectivity index is 2.28. The molecule has 1 aliphatic heterocycles. The van der Waals surface area contributed by atoms with E-state index in [1.165, 1.54) is 12.8 Å². The van der Waals surface area contributed by atoms with Gasteiger partial charge in [-0.3, -0.25) is 0 Å². The average Bonchev–Trinajstić information content (AvgIpc) is 2.30.